The van der Waals surface area contributed by atoms with Crippen LogP contribution >= 0.6 is 0 Å². The fraction of sp³-hybridized carbons (Fsp3) is 0.318. The Balaban J connectivity index is 1.41. The number of hydrogen-bond acceptors (Lipinski definition) is 3. The lowest BCUT2D eigenvalue weighted by molar-refractivity contribution is -0.116. The van der Waals surface area contributed by atoms with Gasteiger partial charge in [-0.05, 0) is 61.2 Å². The number of fused-ring (bicyclic) bond motifs is 1. The SMILES string of the molecule is O=C1NCc2ccccc2/C1=C/Nc1ccc(CCN2CCCC2)cc1. The molecule has 134 valence electrons. The van der Waals surface area contributed by atoms with Crippen LogP contribution in [0.25, 0.3) is 5.57 Å². The van der Waals surface area contributed by atoms with Crippen molar-refractivity contribution in [2.24, 2.45) is 0 Å². The van der Waals surface area contributed by atoms with E-state index in [1.54, 1.807) is 0 Å². The van der Waals surface area contributed by atoms with Crippen molar-refractivity contribution in [3.63, 3.8) is 0 Å². The van der Waals surface area contributed by atoms with E-state index in [1.165, 1.54) is 31.5 Å². The maximum Gasteiger partial charge on any atom is 0.253 e. The molecule has 4 heteroatoms. The summed E-state index contributed by atoms with van der Waals surface area (Å²) in [6, 6.07) is 16.5. The van der Waals surface area contributed by atoms with Crippen molar-refractivity contribution in [2.75, 3.05) is 25.0 Å². The highest BCUT2D eigenvalue weighted by molar-refractivity contribution is 6.21. The molecular weight excluding hydrogens is 322 g/mol. The minimum atomic E-state index is -0.0292. The Bertz CT molecular complexity index is 804. The third-order valence-electron chi connectivity index (χ3n) is 5.24. The van der Waals surface area contributed by atoms with E-state index in [-0.39, 0.29) is 5.91 Å². The average molecular weight is 347 g/mol. The van der Waals surface area contributed by atoms with Crippen LogP contribution in [-0.4, -0.2) is 30.4 Å². The Hall–Kier alpha value is -2.59. The summed E-state index contributed by atoms with van der Waals surface area (Å²) in [5.41, 5.74) is 5.20. The van der Waals surface area contributed by atoms with Crippen molar-refractivity contribution >= 4 is 17.2 Å². The molecule has 0 aliphatic carbocycles. The van der Waals surface area contributed by atoms with Gasteiger partial charge in [-0.15, -0.1) is 0 Å². The topological polar surface area (TPSA) is 44.4 Å². The van der Waals surface area contributed by atoms with Crippen LogP contribution in [0.3, 0.4) is 0 Å². The smallest absolute Gasteiger partial charge is 0.253 e. The van der Waals surface area contributed by atoms with Crippen LogP contribution in [0.5, 0.6) is 0 Å². The zero-order valence-electron chi connectivity index (χ0n) is 15.0. The molecule has 2 heterocycles. The van der Waals surface area contributed by atoms with Gasteiger partial charge < -0.3 is 15.5 Å². The van der Waals surface area contributed by atoms with Crippen molar-refractivity contribution in [1.29, 1.82) is 0 Å². The molecule has 2 aromatic carbocycles. The van der Waals surface area contributed by atoms with Gasteiger partial charge in [0.05, 0.1) is 5.57 Å². The molecule has 2 N–H and O–H groups in total. The van der Waals surface area contributed by atoms with Crippen molar-refractivity contribution in [3.05, 3.63) is 71.4 Å². The Kier molecular flexibility index (Phi) is 5.02. The van der Waals surface area contributed by atoms with Crippen LogP contribution in [0.2, 0.25) is 0 Å². The predicted molar refractivity (Wildman–Crippen MR) is 106 cm³/mol. The highest BCUT2D eigenvalue weighted by Gasteiger charge is 2.20. The number of carbonyl (C=O) groups is 1. The number of amides is 1. The molecule has 0 saturated carbocycles. The van der Waals surface area contributed by atoms with E-state index in [1.807, 2.05) is 24.4 Å². The molecule has 4 rings (SSSR count). The predicted octanol–water partition coefficient (Wildman–Crippen LogP) is 3.41. The summed E-state index contributed by atoms with van der Waals surface area (Å²) in [7, 11) is 0. The highest BCUT2D eigenvalue weighted by atomic mass is 16.1. The van der Waals surface area contributed by atoms with Gasteiger partial charge in [-0.3, -0.25) is 4.79 Å². The summed E-state index contributed by atoms with van der Waals surface area (Å²) in [5, 5.41) is 6.20. The van der Waals surface area contributed by atoms with Gasteiger partial charge in [-0.1, -0.05) is 36.4 Å². The summed E-state index contributed by atoms with van der Waals surface area (Å²) in [6.45, 7) is 4.24. The van der Waals surface area contributed by atoms with E-state index in [2.05, 4.69) is 45.9 Å². The number of rotatable bonds is 5. The number of nitrogens with one attached hydrogen (secondary N) is 2. The van der Waals surface area contributed by atoms with E-state index in [4.69, 9.17) is 0 Å². The first kappa shape index (κ1) is 16.9. The monoisotopic (exact) mass is 347 g/mol. The minimum absolute atomic E-state index is 0.0292. The van der Waals surface area contributed by atoms with Crippen molar-refractivity contribution in [3.8, 4) is 0 Å². The molecule has 26 heavy (non-hydrogen) atoms. The number of hydrogen-bond donors (Lipinski definition) is 2. The number of carbonyl (C=O) groups excluding carboxylic acids is 1. The second-order valence-corrected chi connectivity index (χ2v) is 7.04. The Morgan fingerprint density at radius 1 is 1.04 bits per heavy atom. The van der Waals surface area contributed by atoms with E-state index < -0.39 is 0 Å². The van der Waals surface area contributed by atoms with Gasteiger partial charge in [-0.2, -0.15) is 0 Å². The van der Waals surface area contributed by atoms with Crippen molar-refractivity contribution < 1.29 is 4.79 Å². The van der Waals surface area contributed by atoms with Gasteiger partial charge in [0.1, 0.15) is 0 Å². The third-order valence-corrected chi connectivity index (χ3v) is 5.24. The Morgan fingerprint density at radius 3 is 2.62 bits per heavy atom. The molecule has 2 aromatic rings. The zero-order chi connectivity index (χ0) is 17.8. The highest BCUT2D eigenvalue weighted by Crippen LogP contribution is 2.24. The second kappa shape index (κ2) is 7.75. The van der Waals surface area contributed by atoms with Crippen molar-refractivity contribution in [1.82, 2.24) is 10.2 Å². The molecule has 0 aromatic heterocycles. The van der Waals surface area contributed by atoms with E-state index >= 15 is 0 Å². The molecule has 1 amide bonds. The zero-order valence-corrected chi connectivity index (χ0v) is 15.0. The number of anilines is 1. The van der Waals surface area contributed by atoms with E-state index in [9.17, 15) is 4.79 Å². The van der Waals surface area contributed by atoms with Crippen LogP contribution in [0.1, 0.15) is 29.5 Å². The molecule has 2 aliphatic rings. The first-order valence-electron chi connectivity index (χ1n) is 9.44. The van der Waals surface area contributed by atoms with Gasteiger partial charge in [0.2, 0.25) is 0 Å². The average Bonchev–Trinajstić information content (AvgIpc) is 3.20. The van der Waals surface area contributed by atoms with Crippen LogP contribution in [-0.2, 0) is 17.8 Å². The normalized spacial score (nSPS) is 18.6. The maximum absolute atomic E-state index is 12.2. The fourth-order valence-corrected chi connectivity index (χ4v) is 3.69. The van der Waals surface area contributed by atoms with Gasteiger partial charge in [0.25, 0.3) is 5.91 Å². The molecule has 0 unspecified atom stereocenters. The van der Waals surface area contributed by atoms with Gasteiger partial charge in [-0.25, -0.2) is 0 Å². The first-order chi connectivity index (χ1) is 12.8. The number of nitrogens with zero attached hydrogens (tertiary/aromatic N) is 1. The molecule has 1 saturated heterocycles. The maximum atomic E-state index is 12.2. The summed E-state index contributed by atoms with van der Waals surface area (Å²) in [5.74, 6) is -0.0292. The van der Waals surface area contributed by atoms with Gasteiger partial charge in [0, 0.05) is 25.0 Å². The van der Waals surface area contributed by atoms with Crippen LogP contribution in [0.15, 0.2) is 54.7 Å². The summed E-state index contributed by atoms with van der Waals surface area (Å²) in [4.78, 5) is 14.8. The fourth-order valence-electron chi connectivity index (χ4n) is 3.69. The van der Waals surface area contributed by atoms with Gasteiger partial charge >= 0.3 is 0 Å². The second-order valence-electron chi connectivity index (χ2n) is 7.04. The standard InChI is InChI=1S/C22H25N3O/c26-22-21(20-6-2-1-5-18(20)15-24-22)16-23-19-9-7-17(8-10-19)11-14-25-12-3-4-13-25/h1-2,5-10,16,23H,3-4,11-15H2,(H,24,26)/b21-16-. The van der Waals surface area contributed by atoms with E-state index in [0.29, 0.717) is 12.1 Å². The Morgan fingerprint density at radius 2 is 1.81 bits per heavy atom. The van der Waals surface area contributed by atoms with Crippen LogP contribution < -0.4 is 10.6 Å². The van der Waals surface area contributed by atoms with Crippen LogP contribution in [0.4, 0.5) is 5.69 Å². The van der Waals surface area contributed by atoms with Crippen molar-refractivity contribution in [2.45, 2.75) is 25.8 Å². The molecule has 4 nitrogen and oxygen atoms in total. The first-order valence-corrected chi connectivity index (χ1v) is 9.44. The largest absolute Gasteiger partial charge is 0.361 e. The molecule has 0 atom stereocenters. The molecular formula is C22H25N3O. The quantitative estimate of drug-likeness (QED) is 0.815. The van der Waals surface area contributed by atoms with Gasteiger partial charge in [0.15, 0.2) is 0 Å². The van der Waals surface area contributed by atoms with Crippen LogP contribution in [0, 0.1) is 0 Å². The minimum Gasteiger partial charge on any atom is -0.361 e. The molecule has 0 bridgehead atoms. The molecule has 0 spiro atoms. The molecule has 0 radical (unpaired) electrons. The molecule has 2 aliphatic heterocycles. The summed E-state index contributed by atoms with van der Waals surface area (Å²) in [6.07, 6.45) is 5.59. The lowest BCUT2D eigenvalue weighted by Crippen LogP contribution is -2.29. The lowest BCUT2D eigenvalue weighted by Gasteiger charge is -2.19. The third kappa shape index (κ3) is 3.81. The summed E-state index contributed by atoms with van der Waals surface area (Å²) < 4.78 is 0. The lowest BCUT2D eigenvalue weighted by atomic mass is 9.96. The number of likely N-dealkylation sites (tertiary alicyclic amines) is 1. The van der Waals surface area contributed by atoms with E-state index in [0.717, 1.165) is 29.8 Å². The Labute approximate surface area is 154 Å². The number of benzene rings is 2. The summed E-state index contributed by atoms with van der Waals surface area (Å²) >= 11 is 0. The molecule has 1 fully saturated rings.